The van der Waals surface area contributed by atoms with Gasteiger partial charge in [0.2, 0.25) is 10.0 Å². The van der Waals surface area contributed by atoms with E-state index in [2.05, 4.69) is 5.32 Å². The van der Waals surface area contributed by atoms with Crippen LogP contribution in [0.5, 0.6) is 0 Å². The maximum atomic E-state index is 12.7. The molecule has 0 spiro atoms. The fourth-order valence-corrected chi connectivity index (χ4v) is 4.08. The summed E-state index contributed by atoms with van der Waals surface area (Å²) in [7, 11) is -2.17. The number of likely N-dealkylation sites (N-methyl/N-ethyl adjacent to an activating group) is 1. The van der Waals surface area contributed by atoms with Gasteiger partial charge in [-0.05, 0) is 37.6 Å². The van der Waals surface area contributed by atoms with Gasteiger partial charge in [0.15, 0.2) is 0 Å². The van der Waals surface area contributed by atoms with Gasteiger partial charge < -0.3 is 5.32 Å². The number of hydrogen-bond donors (Lipinski definition) is 1. The molecule has 0 aliphatic carbocycles. The van der Waals surface area contributed by atoms with Crippen LogP contribution in [0.4, 0.5) is 0 Å². The predicted molar refractivity (Wildman–Crippen MR) is 77.0 cm³/mol. The second-order valence-corrected chi connectivity index (χ2v) is 7.18. The lowest BCUT2D eigenvalue weighted by Crippen LogP contribution is -2.46. The average molecular weight is 314 g/mol. The molecular formula is C13H16ClN3O2S. The fourth-order valence-electron chi connectivity index (χ4n) is 2.30. The highest BCUT2D eigenvalue weighted by Gasteiger charge is 2.30. The first-order chi connectivity index (χ1) is 9.46. The molecule has 1 N–H and O–H groups in total. The molecule has 1 aromatic carbocycles. The quantitative estimate of drug-likeness (QED) is 0.919. The fraction of sp³-hybridized carbons (Fsp3) is 0.462. The van der Waals surface area contributed by atoms with Crippen LogP contribution in [-0.4, -0.2) is 38.9 Å². The smallest absolute Gasteiger partial charge is 0.244 e. The average Bonchev–Trinajstić information content (AvgIpc) is 2.47. The molecule has 20 heavy (non-hydrogen) atoms. The largest absolute Gasteiger partial charge is 0.315 e. The van der Waals surface area contributed by atoms with Gasteiger partial charge in [0.25, 0.3) is 0 Å². The van der Waals surface area contributed by atoms with Crippen molar-refractivity contribution in [1.82, 2.24) is 9.62 Å². The summed E-state index contributed by atoms with van der Waals surface area (Å²) in [6.45, 7) is 1.53. The second kappa shape index (κ2) is 6.10. The molecule has 108 valence electrons. The van der Waals surface area contributed by atoms with E-state index in [1.165, 1.54) is 22.5 Å². The summed E-state index contributed by atoms with van der Waals surface area (Å²) in [5, 5.41) is 12.6. The summed E-state index contributed by atoms with van der Waals surface area (Å²) >= 11 is 5.87. The van der Waals surface area contributed by atoms with Gasteiger partial charge in [-0.2, -0.15) is 9.57 Å². The standard InChI is InChI=1S/C13H16ClN3O2S/c1-17(12-3-2-6-16-9-12)20(18,19)13-7-11(14)5-4-10(13)8-15/h4-5,7,12,16H,2-3,6,9H2,1H3. The Hall–Kier alpha value is -1.13. The molecule has 0 bridgehead atoms. The Kier molecular flexibility index (Phi) is 4.66. The first kappa shape index (κ1) is 15.3. The number of hydrogen-bond acceptors (Lipinski definition) is 4. The Morgan fingerprint density at radius 3 is 2.85 bits per heavy atom. The summed E-state index contributed by atoms with van der Waals surface area (Å²) in [5.41, 5.74) is 0.116. The third-order valence-electron chi connectivity index (χ3n) is 3.51. The van der Waals surface area contributed by atoms with Crippen LogP contribution in [0.15, 0.2) is 23.1 Å². The minimum Gasteiger partial charge on any atom is -0.315 e. The lowest BCUT2D eigenvalue weighted by molar-refractivity contribution is 0.300. The van der Waals surface area contributed by atoms with Crippen LogP contribution in [0, 0.1) is 11.3 Å². The molecule has 0 aromatic heterocycles. The summed E-state index contributed by atoms with van der Waals surface area (Å²) in [6, 6.07) is 6.09. The van der Waals surface area contributed by atoms with Crippen molar-refractivity contribution in [2.24, 2.45) is 0 Å². The minimum absolute atomic E-state index is 0.0272. The Morgan fingerprint density at radius 2 is 2.25 bits per heavy atom. The Bertz CT molecular complexity index is 634. The molecule has 1 atom stereocenters. The molecule has 1 aliphatic rings. The van der Waals surface area contributed by atoms with E-state index >= 15 is 0 Å². The van der Waals surface area contributed by atoms with Gasteiger partial charge in [-0.25, -0.2) is 8.42 Å². The van der Waals surface area contributed by atoms with E-state index in [4.69, 9.17) is 16.9 Å². The van der Waals surface area contributed by atoms with Crippen molar-refractivity contribution in [3.63, 3.8) is 0 Å². The number of nitrogens with zero attached hydrogens (tertiary/aromatic N) is 2. The monoisotopic (exact) mass is 313 g/mol. The topological polar surface area (TPSA) is 73.2 Å². The Balaban J connectivity index is 2.39. The molecule has 7 heteroatoms. The summed E-state index contributed by atoms with van der Waals surface area (Å²) in [6.07, 6.45) is 1.75. The van der Waals surface area contributed by atoms with Crippen LogP contribution < -0.4 is 5.32 Å². The molecule has 1 aromatic rings. The highest BCUT2D eigenvalue weighted by Crippen LogP contribution is 2.25. The Labute approximate surface area is 124 Å². The van der Waals surface area contributed by atoms with Crippen molar-refractivity contribution in [2.45, 2.75) is 23.8 Å². The molecule has 2 rings (SSSR count). The van der Waals surface area contributed by atoms with Gasteiger partial charge in [-0.1, -0.05) is 11.6 Å². The van der Waals surface area contributed by atoms with Gasteiger partial charge in [0.05, 0.1) is 5.56 Å². The molecule has 0 amide bonds. The predicted octanol–water partition coefficient (Wildman–Crippen LogP) is 1.58. The molecule has 0 saturated carbocycles. The van der Waals surface area contributed by atoms with E-state index in [9.17, 15) is 8.42 Å². The van der Waals surface area contributed by atoms with E-state index in [1.54, 1.807) is 7.05 Å². The molecule has 1 saturated heterocycles. The number of sulfonamides is 1. The number of piperidine rings is 1. The van der Waals surface area contributed by atoms with Crippen LogP contribution in [0.25, 0.3) is 0 Å². The van der Waals surface area contributed by atoms with E-state index in [0.29, 0.717) is 11.6 Å². The van der Waals surface area contributed by atoms with Crippen molar-refractivity contribution in [3.05, 3.63) is 28.8 Å². The first-order valence-corrected chi connectivity index (χ1v) is 8.17. The van der Waals surface area contributed by atoms with Gasteiger partial charge in [0.1, 0.15) is 11.0 Å². The van der Waals surface area contributed by atoms with Crippen molar-refractivity contribution in [3.8, 4) is 6.07 Å². The number of nitriles is 1. The third-order valence-corrected chi connectivity index (χ3v) is 5.69. The zero-order valence-electron chi connectivity index (χ0n) is 11.1. The van der Waals surface area contributed by atoms with Crippen molar-refractivity contribution < 1.29 is 8.42 Å². The minimum atomic E-state index is -3.72. The molecule has 1 unspecified atom stereocenters. The molecule has 5 nitrogen and oxygen atoms in total. The molecular weight excluding hydrogens is 298 g/mol. The maximum Gasteiger partial charge on any atom is 0.244 e. The van der Waals surface area contributed by atoms with Crippen LogP contribution in [0.1, 0.15) is 18.4 Å². The van der Waals surface area contributed by atoms with E-state index in [0.717, 1.165) is 19.4 Å². The normalized spacial score (nSPS) is 19.8. The molecule has 1 aliphatic heterocycles. The van der Waals surface area contributed by atoms with Crippen LogP contribution in [0.2, 0.25) is 5.02 Å². The van der Waals surface area contributed by atoms with Crippen LogP contribution in [0.3, 0.4) is 0 Å². The maximum absolute atomic E-state index is 12.7. The summed E-state index contributed by atoms with van der Waals surface area (Å²) < 4.78 is 26.6. The second-order valence-electron chi connectivity index (χ2n) is 4.77. The SMILES string of the molecule is CN(C1CCCNC1)S(=O)(=O)c1cc(Cl)ccc1C#N. The van der Waals surface area contributed by atoms with Crippen molar-refractivity contribution >= 4 is 21.6 Å². The van der Waals surface area contributed by atoms with Gasteiger partial charge in [-0.3, -0.25) is 0 Å². The lowest BCUT2D eigenvalue weighted by atomic mass is 10.1. The Morgan fingerprint density at radius 1 is 1.50 bits per heavy atom. The van der Waals surface area contributed by atoms with Crippen LogP contribution >= 0.6 is 11.6 Å². The highest BCUT2D eigenvalue weighted by atomic mass is 35.5. The summed E-state index contributed by atoms with van der Waals surface area (Å²) in [4.78, 5) is -0.0272. The first-order valence-electron chi connectivity index (χ1n) is 6.35. The van der Waals surface area contributed by atoms with Gasteiger partial charge in [0, 0.05) is 24.7 Å². The van der Waals surface area contributed by atoms with Crippen molar-refractivity contribution in [1.29, 1.82) is 5.26 Å². The van der Waals surface area contributed by atoms with E-state index in [-0.39, 0.29) is 16.5 Å². The lowest BCUT2D eigenvalue weighted by Gasteiger charge is -2.31. The van der Waals surface area contributed by atoms with Gasteiger partial charge >= 0.3 is 0 Å². The van der Waals surface area contributed by atoms with E-state index in [1.807, 2.05) is 6.07 Å². The molecule has 1 fully saturated rings. The van der Waals surface area contributed by atoms with Gasteiger partial charge in [-0.15, -0.1) is 0 Å². The highest BCUT2D eigenvalue weighted by molar-refractivity contribution is 7.89. The number of rotatable bonds is 3. The number of halogens is 1. The van der Waals surface area contributed by atoms with E-state index < -0.39 is 10.0 Å². The summed E-state index contributed by atoms with van der Waals surface area (Å²) in [5.74, 6) is 0. The third kappa shape index (κ3) is 2.96. The zero-order valence-corrected chi connectivity index (χ0v) is 12.7. The molecule has 0 radical (unpaired) electrons. The van der Waals surface area contributed by atoms with Crippen LogP contribution in [-0.2, 0) is 10.0 Å². The van der Waals surface area contributed by atoms with Crippen molar-refractivity contribution in [2.75, 3.05) is 20.1 Å². The number of benzene rings is 1. The zero-order chi connectivity index (χ0) is 14.8. The molecule has 1 heterocycles. The number of nitrogens with one attached hydrogen (secondary N) is 1.